The molecule has 0 fully saturated rings. The Bertz CT molecular complexity index is 846. The van der Waals surface area contributed by atoms with Gasteiger partial charge in [-0.3, -0.25) is 4.79 Å². The maximum absolute atomic E-state index is 12.9. The lowest BCUT2D eigenvalue weighted by Crippen LogP contribution is -2.49. The van der Waals surface area contributed by atoms with E-state index >= 15 is 0 Å². The van der Waals surface area contributed by atoms with Crippen LogP contribution in [-0.2, 0) is 17.9 Å². The summed E-state index contributed by atoms with van der Waals surface area (Å²) in [4.78, 5) is 24.6. The van der Waals surface area contributed by atoms with Gasteiger partial charge in [0.1, 0.15) is 11.9 Å². The molecule has 2 aromatic carbocycles. The summed E-state index contributed by atoms with van der Waals surface area (Å²) >= 11 is 0. The number of nitriles is 1. The van der Waals surface area contributed by atoms with Crippen molar-refractivity contribution < 1.29 is 14.0 Å². The van der Waals surface area contributed by atoms with Crippen molar-refractivity contribution in [3.8, 4) is 6.07 Å². The van der Waals surface area contributed by atoms with E-state index in [1.165, 1.54) is 12.1 Å². The summed E-state index contributed by atoms with van der Waals surface area (Å²) in [5, 5.41) is 17.1. The Morgan fingerprint density at radius 3 is 2.46 bits per heavy atom. The Kier molecular flexibility index (Phi) is 7.97. The zero-order valence-corrected chi connectivity index (χ0v) is 15.7. The van der Waals surface area contributed by atoms with Crippen LogP contribution in [0.5, 0.6) is 0 Å². The molecule has 0 aromatic heterocycles. The fourth-order valence-electron chi connectivity index (χ4n) is 2.61. The van der Waals surface area contributed by atoms with Gasteiger partial charge in [0.2, 0.25) is 5.91 Å². The second-order valence-corrected chi connectivity index (χ2v) is 6.32. The molecule has 3 amide bonds. The van der Waals surface area contributed by atoms with Crippen LogP contribution in [0.15, 0.2) is 48.5 Å². The molecule has 0 bridgehead atoms. The summed E-state index contributed by atoms with van der Waals surface area (Å²) in [6.45, 7) is 2.43. The molecule has 0 aliphatic rings. The first-order valence-electron chi connectivity index (χ1n) is 9.07. The number of halogens is 1. The van der Waals surface area contributed by atoms with E-state index < -0.39 is 12.1 Å². The van der Waals surface area contributed by atoms with Gasteiger partial charge in [-0.15, -0.1) is 0 Å². The molecule has 0 aliphatic carbocycles. The van der Waals surface area contributed by atoms with Gasteiger partial charge in [-0.1, -0.05) is 37.6 Å². The highest BCUT2D eigenvalue weighted by Crippen LogP contribution is 2.05. The summed E-state index contributed by atoms with van der Waals surface area (Å²) < 4.78 is 12.9. The third-order valence-corrected chi connectivity index (χ3v) is 4.09. The minimum absolute atomic E-state index is 0.230. The highest BCUT2D eigenvalue weighted by molar-refractivity contribution is 5.86. The number of carbonyl (C=O) groups excluding carboxylic acids is 2. The zero-order valence-electron chi connectivity index (χ0n) is 15.7. The van der Waals surface area contributed by atoms with Gasteiger partial charge < -0.3 is 16.0 Å². The summed E-state index contributed by atoms with van der Waals surface area (Å²) in [5.74, 6) is -0.630. The van der Waals surface area contributed by atoms with Gasteiger partial charge in [0.25, 0.3) is 0 Å². The van der Waals surface area contributed by atoms with Crippen LogP contribution in [0.2, 0.25) is 0 Å². The number of hydrogen-bond donors (Lipinski definition) is 3. The van der Waals surface area contributed by atoms with Gasteiger partial charge in [-0.2, -0.15) is 5.26 Å². The average molecular weight is 382 g/mol. The molecule has 2 rings (SSSR count). The number of hydrogen-bond acceptors (Lipinski definition) is 3. The summed E-state index contributed by atoms with van der Waals surface area (Å²) in [6, 6.07) is 13.7. The number of benzene rings is 2. The zero-order chi connectivity index (χ0) is 20.4. The molecule has 0 aliphatic heterocycles. The van der Waals surface area contributed by atoms with E-state index in [9.17, 15) is 14.0 Å². The van der Waals surface area contributed by atoms with Crippen LogP contribution >= 0.6 is 0 Å². The lowest BCUT2D eigenvalue weighted by atomic mass is 10.1. The van der Waals surface area contributed by atoms with Gasteiger partial charge >= 0.3 is 6.03 Å². The lowest BCUT2D eigenvalue weighted by molar-refractivity contribution is -0.123. The number of rotatable bonds is 8. The Labute approximate surface area is 163 Å². The quantitative estimate of drug-likeness (QED) is 0.655. The SMILES string of the molecule is CCCC(NC(=O)NCc1ccc(F)cc1)C(=O)NCc1cccc(C#N)c1. The van der Waals surface area contributed by atoms with Crippen molar-refractivity contribution in [1.82, 2.24) is 16.0 Å². The Hall–Kier alpha value is -3.40. The van der Waals surface area contributed by atoms with E-state index in [4.69, 9.17) is 5.26 Å². The van der Waals surface area contributed by atoms with Gasteiger partial charge in [0.15, 0.2) is 0 Å². The molecule has 0 spiro atoms. The minimum atomic E-state index is -0.669. The second kappa shape index (κ2) is 10.7. The maximum atomic E-state index is 12.9. The molecule has 7 heteroatoms. The van der Waals surface area contributed by atoms with Crippen LogP contribution < -0.4 is 16.0 Å². The van der Waals surface area contributed by atoms with E-state index in [1.54, 1.807) is 30.3 Å². The largest absolute Gasteiger partial charge is 0.350 e. The van der Waals surface area contributed by atoms with E-state index in [0.717, 1.165) is 17.5 Å². The molecule has 0 saturated heterocycles. The molecule has 6 nitrogen and oxygen atoms in total. The predicted molar refractivity (Wildman–Crippen MR) is 103 cm³/mol. The van der Waals surface area contributed by atoms with Crippen LogP contribution in [0.3, 0.4) is 0 Å². The van der Waals surface area contributed by atoms with E-state index in [1.807, 2.05) is 13.0 Å². The fraction of sp³-hybridized carbons (Fsp3) is 0.286. The first kappa shape index (κ1) is 20.9. The van der Waals surface area contributed by atoms with Gasteiger partial charge in [-0.05, 0) is 41.8 Å². The minimum Gasteiger partial charge on any atom is -0.350 e. The molecule has 1 unspecified atom stereocenters. The van der Waals surface area contributed by atoms with Crippen molar-refractivity contribution in [3.63, 3.8) is 0 Å². The topological polar surface area (TPSA) is 94.0 Å². The third-order valence-electron chi connectivity index (χ3n) is 4.09. The number of nitrogens with zero attached hydrogens (tertiary/aromatic N) is 1. The highest BCUT2D eigenvalue weighted by atomic mass is 19.1. The van der Waals surface area contributed by atoms with Crippen LogP contribution in [0.25, 0.3) is 0 Å². The first-order valence-corrected chi connectivity index (χ1v) is 9.07. The standard InChI is InChI=1S/C21H23FN4O2/c1-2-4-19(20(27)24-14-17-6-3-5-16(11-17)12-23)26-21(28)25-13-15-7-9-18(22)10-8-15/h3,5-11,19H,2,4,13-14H2,1H3,(H,24,27)(H2,25,26,28). The van der Waals surface area contributed by atoms with Gasteiger partial charge in [0, 0.05) is 13.1 Å². The molecular formula is C21H23FN4O2. The lowest BCUT2D eigenvalue weighted by Gasteiger charge is -2.18. The van der Waals surface area contributed by atoms with Crippen LogP contribution in [0.1, 0.15) is 36.5 Å². The number of urea groups is 1. The van der Waals surface area contributed by atoms with Gasteiger partial charge in [0.05, 0.1) is 11.6 Å². The highest BCUT2D eigenvalue weighted by Gasteiger charge is 2.19. The first-order chi connectivity index (χ1) is 13.5. The molecule has 146 valence electrons. The van der Waals surface area contributed by atoms with Crippen molar-refractivity contribution in [3.05, 3.63) is 71.0 Å². The Morgan fingerprint density at radius 1 is 1.07 bits per heavy atom. The van der Waals surface area contributed by atoms with Crippen molar-refractivity contribution in [1.29, 1.82) is 5.26 Å². The molecule has 2 aromatic rings. The summed E-state index contributed by atoms with van der Waals surface area (Å²) in [7, 11) is 0. The Morgan fingerprint density at radius 2 is 1.79 bits per heavy atom. The van der Waals surface area contributed by atoms with Crippen LogP contribution in [0.4, 0.5) is 9.18 Å². The Balaban J connectivity index is 1.86. The number of amides is 3. The molecule has 3 N–H and O–H groups in total. The molecule has 0 saturated carbocycles. The number of nitrogens with one attached hydrogen (secondary N) is 3. The van der Waals surface area contributed by atoms with Crippen molar-refractivity contribution in [2.45, 2.75) is 38.9 Å². The van der Waals surface area contributed by atoms with Crippen molar-refractivity contribution in [2.24, 2.45) is 0 Å². The van der Waals surface area contributed by atoms with Crippen molar-refractivity contribution >= 4 is 11.9 Å². The van der Waals surface area contributed by atoms with Gasteiger partial charge in [-0.25, -0.2) is 9.18 Å². The van der Waals surface area contributed by atoms with E-state index in [-0.39, 0.29) is 24.8 Å². The molecule has 28 heavy (non-hydrogen) atoms. The molecule has 0 heterocycles. The summed E-state index contributed by atoms with van der Waals surface area (Å²) in [6.07, 6.45) is 1.22. The molecular weight excluding hydrogens is 359 g/mol. The fourth-order valence-corrected chi connectivity index (χ4v) is 2.61. The van der Waals surface area contributed by atoms with Crippen LogP contribution in [0, 0.1) is 17.1 Å². The van der Waals surface area contributed by atoms with E-state index in [2.05, 4.69) is 22.0 Å². The molecule has 1 atom stereocenters. The van der Waals surface area contributed by atoms with Crippen molar-refractivity contribution in [2.75, 3.05) is 0 Å². The smallest absolute Gasteiger partial charge is 0.315 e. The summed E-state index contributed by atoms with van der Waals surface area (Å²) in [5.41, 5.74) is 2.09. The monoisotopic (exact) mass is 382 g/mol. The maximum Gasteiger partial charge on any atom is 0.315 e. The van der Waals surface area contributed by atoms with E-state index in [0.29, 0.717) is 12.0 Å². The predicted octanol–water partition coefficient (Wildman–Crippen LogP) is 2.98. The number of carbonyl (C=O) groups is 2. The average Bonchev–Trinajstić information content (AvgIpc) is 2.71. The second-order valence-electron chi connectivity index (χ2n) is 6.32. The molecule has 0 radical (unpaired) electrons. The third kappa shape index (κ3) is 6.72. The normalized spacial score (nSPS) is 11.2. The van der Waals surface area contributed by atoms with Crippen LogP contribution in [-0.4, -0.2) is 18.0 Å².